The summed E-state index contributed by atoms with van der Waals surface area (Å²) in [6, 6.07) is 11.2. The van der Waals surface area contributed by atoms with E-state index in [1.807, 2.05) is 43.3 Å². The smallest absolute Gasteiger partial charge is 0.274 e. The van der Waals surface area contributed by atoms with Crippen LogP contribution in [-0.4, -0.2) is 55.6 Å². The highest BCUT2D eigenvalue weighted by Gasteiger charge is 2.17. The summed E-state index contributed by atoms with van der Waals surface area (Å²) in [7, 11) is 2.12. The molecule has 6 heteroatoms. The van der Waals surface area contributed by atoms with Crippen LogP contribution in [0.25, 0.3) is 0 Å². The van der Waals surface area contributed by atoms with Crippen LogP contribution < -0.4 is 15.0 Å². The van der Waals surface area contributed by atoms with Gasteiger partial charge in [-0.25, -0.2) is 0 Å². The number of hydrogen-bond donors (Lipinski definition) is 1. The summed E-state index contributed by atoms with van der Waals surface area (Å²) in [4.78, 5) is 21.4. The van der Waals surface area contributed by atoms with Crippen molar-refractivity contribution in [3.63, 3.8) is 0 Å². The number of amides is 1. The number of hydrogen-bond acceptors (Lipinski definition) is 5. The highest BCUT2D eigenvalue weighted by molar-refractivity contribution is 6.04. The monoisotopic (exact) mass is 340 g/mol. The third-order valence-corrected chi connectivity index (χ3v) is 4.28. The van der Waals surface area contributed by atoms with Gasteiger partial charge < -0.3 is 19.9 Å². The molecule has 132 valence electrons. The lowest BCUT2D eigenvalue weighted by Crippen LogP contribution is -2.44. The molecule has 2 heterocycles. The van der Waals surface area contributed by atoms with Gasteiger partial charge >= 0.3 is 0 Å². The van der Waals surface area contributed by atoms with Crippen molar-refractivity contribution < 1.29 is 9.53 Å². The molecule has 0 bridgehead atoms. The van der Waals surface area contributed by atoms with E-state index < -0.39 is 0 Å². The lowest BCUT2D eigenvalue weighted by molar-refractivity contribution is 0.102. The van der Waals surface area contributed by atoms with E-state index >= 15 is 0 Å². The molecule has 0 atom stereocenters. The number of nitrogens with zero attached hydrogens (tertiary/aromatic N) is 3. The number of anilines is 2. The third-order valence-electron chi connectivity index (χ3n) is 4.28. The average molecular weight is 340 g/mol. The number of aromatic nitrogens is 1. The highest BCUT2D eigenvalue weighted by Crippen LogP contribution is 2.24. The van der Waals surface area contributed by atoms with E-state index in [2.05, 4.69) is 27.1 Å². The molecule has 0 saturated carbocycles. The predicted molar refractivity (Wildman–Crippen MR) is 99.5 cm³/mol. The van der Waals surface area contributed by atoms with Crippen LogP contribution in [0.4, 0.5) is 11.4 Å². The number of likely N-dealkylation sites (N-methyl/N-ethyl adjacent to an activating group) is 1. The minimum absolute atomic E-state index is 0.233. The Morgan fingerprint density at radius 2 is 1.96 bits per heavy atom. The first kappa shape index (κ1) is 17.2. The first-order chi connectivity index (χ1) is 12.2. The van der Waals surface area contributed by atoms with Crippen LogP contribution in [0.5, 0.6) is 5.75 Å². The summed E-state index contributed by atoms with van der Waals surface area (Å²) in [5.74, 6) is 0.428. The zero-order valence-electron chi connectivity index (χ0n) is 14.7. The van der Waals surface area contributed by atoms with Crippen molar-refractivity contribution in [2.45, 2.75) is 6.92 Å². The van der Waals surface area contributed by atoms with E-state index in [4.69, 9.17) is 4.74 Å². The Labute approximate surface area is 148 Å². The fraction of sp³-hybridized carbons (Fsp3) is 0.368. The Bertz CT molecular complexity index is 727. The third kappa shape index (κ3) is 4.28. The number of nitrogens with one attached hydrogen (secondary N) is 1. The summed E-state index contributed by atoms with van der Waals surface area (Å²) in [5, 5.41) is 2.90. The molecule has 1 amide bonds. The Morgan fingerprint density at radius 3 is 2.72 bits per heavy atom. The van der Waals surface area contributed by atoms with Gasteiger partial charge in [0.2, 0.25) is 0 Å². The van der Waals surface area contributed by atoms with Crippen LogP contribution in [-0.2, 0) is 0 Å². The SMILES string of the molecule is CCOc1ccccc1NC(=O)c1cc(N2CCN(C)CC2)ccn1. The lowest BCUT2D eigenvalue weighted by Gasteiger charge is -2.34. The second-order valence-corrected chi connectivity index (χ2v) is 6.07. The Morgan fingerprint density at radius 1 is 1.20 bits per heavy atom. The van der Waals surface area contributed by atoms with Crippen LogP contribution in [0.2, 0.25) is 0 Å². The summed E-state index contributed by atoms with van der Waals surface area (Å²) in [5.41, 5.74) is 2.09. The van der Waals surface area contributed by atoms with E-state index in [0.29, 0.717) is 23.7 Å². The molecule has 6 nitrogen and oxygen atoms in total. The molecule has 25 heavy (non-hydrogen) atoms. The zero-order valence-corrected chi connectivity index (χ0v) is 14.7. The van der Waals surface area contributed by atoms with Crippen molar-refractivity contribution in [2.24, 2.45) is 0 Å². The van der Waals surface area contributed by atoms with Crippen molar-refractivity contribution in [1.82, 2.24) is 9.88 Å². The van der Waals surface area contributed by atoms with Gasteiger partial charge in [0.1, 0.15) is 11.4 Å². The summed E-state index contributed by atoms with van der Waals surface area (Å²) in [6.07, 6.45) is 1.69. The fourth-order valence-corrected chi connectivity index (χ4v) is 2.84. The molecule has 1 N–H and O–H groups in total. The Balaban J connectivity index is 1.74. The van der Waals surface area contributed by atoms with E-state index in [1.54, 1.807) is 6.20 Å². The van der Waals surface area contributed by atoms with E-state index in [0.717, 1.165) is 31.9 Å². The van der Waals surface area contributed by atoms with Crippen molar-refractivity contribution >= 4 is 17.3 Å². The van der Waals surface area contributed by atoms with E-state index in [9.17, 15) is 4.79 Å². The molecular weight excluding hydrogens is 316 g/mol. The lowest BCUT2D eigenvalue weighted by atomic mass is 10.2. The van der Waals surface area contributed by atoms with Gasteiger partial charge in [-0.1, -0.05) is 12.1 Å². The van der Waals surface area contributed by atoms with Crippen LogP contribution >= 0.6 is 0 Å². The number of carbonyl (C=O) groups excluding carboxylic acids is 1. The molecule has 0 spiro atoms. The second kappa shape index (κ2) is 7.98. The van der Waals surface area contributed by atoms with Gasteiger partial charge in [0.05, 0.1) is 12.3 Å². The minimum Gasteiger partial charge on any atom is -0.492 e. The summed E-state index contributed by atoms with van der Waals surface area (Å²) in [6.45, 7) is 6.41. The van der Waals surface area contributed by atoms with Gasteiger partial charge in [-0.05, 0) is 38.2 Å². The topological polar surface area (TPSA) is 57.7 Å². The highest BCUT2D eigenvalue weighted by atomic mass is 16.5. The van der Waals surface area contributed by atoms with Crippen molar-refractivity contribution in [2.75, 3.05) is 50.1 Å². The van der Waals surface area contributed by atoms with Crippen molar-refractivity contribution in [3.05, 3.63) is 48.3 Å². The first-order valence-electron chi connectivity index (χ1n) is 8.60. The quantitative estimate of drug-likeness (QED) is 0.906. The normalized spacial score (nSPS) is 15.0. The molecule has 0 unspecified atom stereocenters. The first-order valence-corrected chi connectivity index (χ1v) is 8.60. The molecule has 0 radical (unpaired) electrons. The van der Waals surface area contributed by atoms with Gasteiger partial charge in [-0.15, -0.1) is 0 Å². The fourth-order valence-electron chi connectivity index (χ4n) is 2.84. The number of para-hydroxylation sites is 2. The van der Waals surface area contributed by atoms with Crippen molar-refractivity contribution in [1.29, 1.82) is 0 Å². The maximum absolute atomic E-state index is 12.6. The number of ether oxygens (including phenoxy) is 1. The minimum atomic E-state index is -0.233. The Hall–Kier alpha value is -2.60. The number of benzene rings is 1. The van der Waals surface area contributed by atoms with E-state index in [-0.39, 0.29) is 5.91 Å². The largest absolute Gasteiger partial charge is 0.492 e. The molecule has 1 aromatic heterocycles. The average Bonchev–Trinajstić information content (AvgIpc) is 2.64. The molecular formula is C19H24N4O2. The van der Waals surface area contributed by atoms with Gasteiger partial charge in [0.25, 0.3) is 5.91 Å². The van der Waals surface area contributed by atoms with Gasteiger partial charge in [0, 0.05) is 38.1 Å². The molecule has 1 fully saturated rings. The second-order valence-electron chi connectivity index (χ2n) is 6.07. The molecule has 1 aromatic carbocycles. The standard InChI is InChI=1S/C19H24N4O2/c1-3-25-18-7-5-4-6-16(18)21-19(24)17-14-15(8-9-20-17)23-12-10-22(2)11-13-23/h4-9,14H,3,10-13H2,1-2H3,(H,21,24). The van der Waals surface area contributed by atoms with Crippen molar-refractivity contribution in [3.8, 4) is 5.75 Å². The number of piperazine rings is 1. The van der Waals surface area contributed by atoms with Gasteiger partial charge in [-0.2, -0.15) is 0 Å². The van der Waals surface area contributed by atoms with Crippen LogP contribution in [0, 0.1) is 0 Å². The Kier molecular flexibility index (Phi) is 5.50. The zero-order chi connectivity index (χ0) is 17.6. The van der Waals surface area contributed by atoms with Crippen LogP contribution in [0.3, 0.4) is 0 Å². The van der Waals surface area contributed by atoms with Gasteiger partial charge in [0.15, 0.2) is 0 Å². The summed E-state index contributed by atoms with van der Waals surface area (Å²) >= 11 is 0. The molecule has 1 aliphatic heterocycles. The number of rotatable bonds is 5. The molecule has 2 aromatic rings. The van der Waals surface area contributed by atoms with Gasteiger partial charge in [-0.3, -0.25) is 9.78 Å². The van der Waals surface area contributed by atoms with E-state index in [1.165, 1.54) is 0 Å². The molecule has 0 aliphatic carbocycles. The number of pyridine rings is 1. The summed E-state index contributed by atoms with van der Waals surface area (Å²) < 4.78 is 5.55. The molecule has 3 rings (SSSR count). The maximum atomic E-state index is 12.6. The molecule has 1 saturated heterocycles. The molecule has 1 aliphatic rings. The van der Waals surface area contributed by atoms with Crippen LogP contribution in [0.15, 0.2) is 42.6 Å². The number of carbonyl (C=O) groups is 1. The van der Waals surface area contributed by atoms with Crippen LogP contribution in [0.1, 0.15) is 17.4 Å². The maximum Gasteiger partial charge on any atom is 0.274 e. The predicted octanol–water partition coefficient (Wildman–Crippen LogP) is 2.48.